The van der Waals surface area contributed by atoms with Gasteiger partial charge in [0, 0.05) is 37.1 Å². The second-order valence-corrected chi connectivity index (χ2v) is 9.59. The fraction of sp³-hybridized carbons (Fsp3) is 0.708. The Labute approximate surface area is 174 Å². The van der Waals surface area contributed by atoms with Gasteiger partial charge < -0.3 is 20.1 Å². The second-order valence-electron chi connectivity index (χ2n) is 9.59. The number of hydrogen-bond donors (Lipinski definition) is 2. The molecule has 160 valence electrons. The van der Waals surface area contributed by atoms with Gasteiger partial charge in [-0.25, -0.2) is 0 Å². The van der Waals surface area contributed by atoms with Crippen LogP contribution in [-0.4, -0.2) is 61.4 Å². The molecule has 1 aromatic carbocycles. The number of carbonyl (C=O) groups is 1. The zero-order valence-electron chi connectivity index (χ0n) is 17.7. The molecule has 3 aliphatic rings. The van der Waals surface area contributed by atoms with Gasteiger partial charge in [-0.05, 0) is 57.7 Å². The quantitative estimate of drug-likeness (QED) is 0.629. The predicted molar refractivity (Wildman–Crippen MR) is 114 cm³/mol. The van der Waals surface area contributed by atoms with Crippen LogP contribution in [0.25, 0.3) is 0 Å². The fourth-order valence-corrected chi connectivity index (χ4v) is 5.18. The van der Waals surface area contributed by atoms with E-state index in [1.54, 1.807) is 0 Å². The van der Waals surface area contributed by atoms with Crippen LogP contribution in [0, 0.1) is 10.8 Å². The predicted octanol–water partition coefficient (Wildman–Crippen LogP) is 3.51. The third kappa shape index (κ3) is 4.68. The number of ether oxygens (including phenoxy) is 1. The van der Waals surface area contributed by atoms with Crippen molar-refractivity contribution in [1.29, 1.82) is 0 Å². The molecular formula is C24H36N2O3. The highest BCUT2D eigenvalue weighted by atomic mass is 16.5. The molecular weight excluding hydrogens is 364 g/mol. The Morgan fingerprint density at radius 2 is 1.93 bits per heavy atom. The highest BCUT2D eigenvalue weighted by Gasteiger charge is 2.47. The molecule has 2 aliphatic carbocycles. The Balaban J connectivity index is 1.30. The fourth-order valence-electron chi connectivity index (χ4n) is 5.18. The first-order chi connectivity index (χ1) is 14.1. The summed E-state index contributed by atoms with van der Waals surface area (Å²) in [7, 11) is 0. The van der Waals surface area contributed by atoms with E-state index < -0.39 is 11.4 Å². The van der Waals surface area contributed by atoms with Crippen LogP contribution in [0.1, 0.15) is 56.9 Å². The van der Waals surface area contributed by atoms with Gasteiger partial charge in [0.25, 0.3) is 0 Å². The van der Waals surface area contributed by atoms with Crippen LogP contribution in [0.4, 0.5) is 0 Å². The molecule has 2 saturated carbocycles. The first-order valence-electron chi connectivity index (χ1n) is 11.4. The molecule has 2 N–H and O–H groups in total. The lowest BCUT2D eigenvalue weighted by atomic mass is 9.68. The van der Waals surface area contributed by atoms with Crippen molar-refractivity contribution in [2.24, 2.45) is 10.8 Å². The average molecular weight is 401 g/mol. The van der Waals surface area contributed by atoms with E-state index in [9.17, 15) is 9.90 Å². The van der Waals surface area contributed by atoms with Crippen molar-refractivity contribution in [3.8, 4) is 0 Å². The summed E-state index contributed by atoms with van der Waals surface area (Å²) in [5.41, 5.74) is 1.14. The largest absolute Gasteiger partial charge is 0.481 e. The van der Waals surface area contributed by atoms with Crippen molar-refractivity contribution in [1.82, 2.24) is 10.2 Å². The second kappa shape index (κ2) is 8.75. The van der Waals surface area contributed by atoms with Crippen LogP contribution in [0.2, 0.25) is 0 Å². The minimum absolute atomic E-state index is 0.173. The molecule has 0 aromatic heterocycles. The van der Waals surface area contributed by atoms with Gasteiger partial charge >= 0.3 is 5.97 Å². The van der Waals surface area contributed by atoms with Crippen LogP contribution in [0.15, 0.2) is 30.3 Å². The van der Waals surface area contributed by atoms with E-state index in [1.165, 1.54) is 12.0 Å². The number of nitrogens with zero attached hydrogens (tertiary/aromatic N) is 1. The van der Waals surface area contributed by atoms with Gasteiger partial charge in [0.05, 0.1) is 12.0 Å². The first kappa shape index (κ1) is 20.8. The Morgan fingerprint density at radius 1 is 1.21 bits per heavy atom. The summed E-state index contributed by atoms with van der Waals surface area (Å²) in [5, 5.41) is 13.5. The van der Waals surface area contributed by atoms with E-state index in [0.717, 1.165) is 71.5 Å². The smallest absolute Gasteiger partial charge is 0.310 e. The number of nitrogens with one attached hydrogen (secondary N) is 1. The molecule has 0 spiro atoms. The number of carboxylic acids is 1. The van der Waals surface area contributed by atoms with Crippen molar-refractivity contribution in [3.05, 3.63) is 35.9 Å². The van der Waals surface area contributed by atoms with Crippen LogP contribution in [0.3, 0.4) is 0 Å². The summed E-state index contributed by atoms with van der Waals surface area (Å²) in [4.78, 5) is 14.1. The van der Waals surface area contributed by atoms with Crippen molar-refractivity contribution in [3.63, 3.8) is 0 Å². The highest BCUT2D eigenvalue weighted by Crippen LogP contribution is 2.44. The number of likely N-dealkylation sites (tertiary alicyclic amines) is 1. The summed E-state index contributed by atoms with van der Waals surface area (Å²) < 4.78 is 5.89. The standard InChI is InChI=1S/C24H36N2O3/c1-2-29-18-23(16-25-21-15-20(21)19-7-4-3-5-8-19)11-13-26(14-12-23)17-24(22(27)28)9-6-10-24/h3-5,7-8,20-21,25H,2,6,9-18H2,1H3,(H,27,28)/t20-,21+/m0/s1. The molecule has 0 amide bonds. The Hall–Kier alpha value is -1.43. The van der Waals surface area contributed by atoms with E-state index in [1.807, 2.05) is 0 Å². The Kier molecular flexibility index (Phi) is 6.28. The van der Waals surface area contributed by atoms with E-state index >= 15 is 0 Å². The topological polar surface area (TPSA) is 61.8 Å². The summed E-state index contributed by atoms with van der Waals surface area (Å²) in [6.45, 7) is 7.31. The maximum absolute atomic E-state index is 11.7. The first-order valence-corrected chi connectivity index (χ1v) is 11.4. The number of carboxylic acid groups (broad SMARTS) is 1. The molecule has 0 radical (unpaired) electrons. The lowest BCUT2D eigenvalue weighted by Gasteiger charge is -2.46. The van der Waals surface area contributed by atoms with Crippen LogP contribution >= 0.6 is 0 Å². The van der Waals surface area contributed by atoms with E-state index in [4.69, 9.17) is 4.74 Å². The summed E-state index contributed by atoms with van der Waals surface area (Å²) in [5.74, 6) is 0.0479. The summed E-state index contributed by atoms with van der Waals surface area (Å²) >= 11 is 0. The zero-order chi connectivity index (χ0) is 20.3. The van der Waals surface area contributed by atoms with E-state index in [0.29, 0.717) is 12.0 Å². The molecule has 0 unspecified atom stereocenters. The van der Waals surface area contributed by atoms with Crippen LogP contribution in [-0.2, 0) is 9.53 Å². The van der Waals surface area contributed by atoms with Crippen molar-refractivity contribution in [2.75, 3.05) is 39.4 Å². The normalized spacial score (nSPS) is 27.9. The van der Waals surface area contributed by atoms with Gasteiger partial charge in [0.1, 0.15) is 0 Å². The van der Waals surface area contributed by atoms with Gasteiger partial charge in [0.2, 0.25) is 0 Å². The number of piperidine rings is 1. The molecule has 2 atom stereocenters. The van der Waals surface area contributed by atoms with Gasteiger partial charge in [-0.2, -0.15) is 0 Å². The van der Waals surface area contributed by atoms with Crippen molar-refractivity contribution < 1.29 is 14.6 Å². The molecule has 1 aromatic rings. The minimum atomic E-state index is -0.600. The molecule has 5 nitrogen and oxygen atoms in total. The van der Waals surface area contributed by atoms with Crippen LogP contribution < -0.4 is 5.32 Å². The van der Waals surface area contributed by atoms with E-state index in [2.05, 4.69) is 47.5 Å². The lowest BCUT2D eigenvalue weighted by molar-refractivity contribution is -0.157. The molecule has 1 saturated heterocycles. The monoisotopic (exact) mass is 400 g/mol. The maximum Gasteiger partial charge on any atom is 0.310 e. The number of rotatable bonds is 10. The van der Waals surface area contributed by atoms with Crippen molar-refractivity contribution in [2.45, 2.75) is 57.4 Å². The van der Waals surface area contributed by atoms with Crippen LogP contribution in [0.5, 0.6) is 0 Å². The lowest BCUT2D eigenvalue weighted by Crippen LogP contribution is -2.53. The van der Waals surface area contributed by atoms with Gasteiger partial charge in [-0.3, -0.25) is 4.79 Å². The zero-order valence-corrected chi connectivity index (χ0v) is 17.7. The number of hydrogen-bond acceptors (Lipinski definition) is 4. The number of benzene rings is 1. The van der Waals surface area contributed by atoms with Crippen molar-refractivity contribution >= 4 is 5.97 Å². The molecule has 4 rings (SSSR count). The Morgan fingerprint density at radius 3 is 2.52 bits per heavy atom. The maximum atomic E-state index is 11.7. The third-order valence-corrected chi connectivity index (χ3v) is 7.58. The third-order valence-electron chi connectivity index (χ3n) is 7.58. The van der Waals surface area contributed by atoms with Gasteiger partial charge in [0.15, 0.2) is 0 Å². The average Bonchev–Trinajstić information content (AvgIpc) is 3.49. The number of aliphatic carboxylic acids is 1. The summed E-state index contributed by atoms with van der Waals surface area (Å²) in [6, 6.07) is 11.4. The van der Waals surface area contributed by atoms with Gasteiger partial charge in [-0.1, -0.05) is 36.8 Å². The molecule has 29 heavy (non-hydrogen) atoms. The summed E-state index contributed by atoms with van der Waals surface area (Å²) in [6.07, 6.45) is 6.13. The molecule has 0 bridgehead atoms. The molecule has 3 fully saturated rings. The Bertz CT molecular complexity index is 681. The van der Waals surface area contributed by atoms with E-state index in [-0.39, 0.29) is 5.41 Å². The molecule has 5 heteroatoms. The highest BCUT2D eigenvalue weighted by molar-refractivity contribution is 5.76. The molecule has 1 heterocycles. The minimum Gasteiger partial charge on any atom is -0.481 e. The SMILES string of the molecule is CCOCC1(CN[C@@H]2C[C@H]2c2ccccc2)CCN(CC2(C(=O)O)CCC2)CC1. The van der Waals surface area contributed by atoms with Gasteiger partial charge in [-0.15, -0.1) is 0 Å². The molecule has 1 aliphatic heterocycles.